The van der Waals surface area contributed by atoms with Crippen LogP contribution in [0, 0.1) is 0 Å². The second-order valence-electron chi connectivity index (χ2n) is 6.51. The number of aryl methyl sites for hydroxylation is 2. The molecule has 0 bridgehead atoms. The highest BCUT2D eigenvalue weighted by Crippen LogP contribution is 2.38. The van der Waals surface area contributed by atoms with Crippen LogP contribution in [0.2, 0.25) is 0 Å². The maximum Gasteiger partial charge on any atom is 0.123 e. The molecule has 0 aliphatic carbocycles. The van der Waals surface area contributed by atoms with Crippen molar-refractivity contribution in [3.63, 3.8) is 0 Å². The molecule has 0 saturated heterocycles. The van der Waals surface area contributed by atoms with Gasteiger partial charge >= 0.3 is 0 Å². The molecule has 2 heteroatoms. The zero-order chi connectivity index (χ0) is 17.1. The molecule has 0 radical (unpaired) electrons. The van der Waals surface area contributed by atoms with Crippen LogP contribution in [0.15, 0.2) is 11.0 Å². The molecule has 0 unspecified atom stereocenters. The van der Waals surface area contributed by atoms with Gasteiger partial charge in [0, 0.05) is 10.5 Å². The summed E-state index contributed by atoms with van der Waals surface area (Å²) in [4.78, 5) is 1.39. The highest BCUT2D eigenvalue weighted by molar-refractivity contribution is 7.99. The molecule has 1 rings (SSSR count). The van der Waals surface area contributed by atoms with Crippen molar-refractivity contribution >= 4 is 11.8 Å². The summed E-state index contributed by atoms with van der Waals surface area (Å²) in [6.07, 6.45) is 11.5. The summed E-state index contributed by atoms with van der Waals surface area (Å²) in [6, 6.07) is 2.31. The Bertz CT molecular complexity index is 454. The standard InChI is InChI=1S/C21H36OS/c1-5-9-12-17-16-18(13-10-6-2)21(23-15-8-4)19(20(17)22)14-11-7-3/h16,22H,5-15H2,1-4H3. The molecule has 1 aromatic carbocycles. The van der Waals surface area contributed by atoms with Gasteiger partial charge in [-0.2, -0.15) is 0 Å². The summed E-state index contributed by atoms with van der Waals surface area (Å²) in [7, 11) is 0. The average Bonchev–Trinajstić information content (AvgIpc) is 2.56. The van der Waals surface area contributed by atoms with Gasteiger partial charge < -0.3 is 5.11 Å². The molecular weight excluding hydrogens is 300 g/mol. The second-order valence-corrected chi connectivity index (χ2v) is 7.62. The molecule has 0 aliphatic rings. The lowest BCUT2D eigenvalue weighted by Gasteiger charge is -2.19. The van der Waals surface area contributed by atoms with E-state index in [9.17, 15) is 5.11 Å². The molecule has 1 N–H and O–H groups in total. The minimum absolute atomic E-state index is 0.603. The van der Waals surface area contributed by atoms with Gasteiger partial charge in [-0.3, -0.25) is 0 Å². The van der Waals surface area contributed by atoms with Crippen LogP contribution in [-0.2, 0) is 19.3 Å². The fourth-order valence-electron chi connectivity index (χ4n) is 2.92. The number of rotatable bonds is 12. The van der Waals surface area contributed by atoms with Gasteiger partial charge in [-0.15, -0.1) is 11.8 Å². The first-order valence-electron chi connectivity index (χ1n) is 9.68. The van der Waals surface area contributed by atoms with Crippen molar-refractivity contribution in [3.05, 3.63) is 22.8 Å². The van der Waals surface area contributed by atoms with Gasteiger partial charge in [0.1, 0.15) is 5.75 Å². The first kappa shape index (κ1) is 20.4. The molecule has 1 aromatic rings. The lowest BCUT2D eigenvalue weighted by atomic mass is 9.95. The fourth-order valence-corrected chi connectivity index (χ4v) is 4.05. The molecule has 23 heavy (non-hydrogen) atoms. The maximum atomic E-state index is 10.9. The van der Waals surface area contributed by atoms with Crippen LogP contribution in [0.3, 0.4) is 0 Å². The lowest BCUT2D eigenvalue weighted by molar-refractivity contribution is 0.455. The van der Waals surface area contributed by atoms with E-state index < -0.39 is 0 Å². The number of hydrogen-bond acceptors (Lipinski definition) is 2. The molecule has 0 fully saturated rings. The summed E-state index contributed by atoms with van der Waals surface area (Å²) in [5.74, 6) is 1.75. The number of phenolic OH excluding ortho intramolecular Hbond substituents is 1. The molecule has 0 heterocycles. The normalized spacial score (nSPS) is 11.1. The van der Waals surface area contributed by atoms with Crippen LogP contribution in [0.1, 0.15) is 89.3 Å². The third kappa shape index (κ3) is 6.41. The van der Waals surface area contributed by atoms with Gasteiger partial charge in [0.2, 0.25) is 0 Å². The van der Waals surface area contributed by atoms with E-state index >= 15 is 0 Å². The Morgan fingerprint density at radius 2 is 1.35 bits per heavy atom. The number of aromatic hydroxyl groups is 1. The van der Waals surface area contributed by atoms with Crippen LogP contribution in [0.5, 0.6) is 5.75 Å². The van der Waals surface area contributed by atoms with Crippen LogP contribution in [0.25, 0.3) is 0 Å². The molecule has 132 valence electrons. The lowest BCUT2D eigenvalue weighted by Crippen LogP contribution is -2.01. The fraction of sp³-hybridized carbons (Fsp3) is 0.714. The number of hydrogen-bond donors (Lipinski definition) is 1. The SMILES string of the molecule is CCCCc1cc(CCCC)c(SCCC)c(CCCC)c1O. The highest BCUT2D eigenvalue weighted by Gasteiger charge is 2.17. The average molecular weight is 337 g/mol. The molecule has 0 aliphatic heterocycles. The smallest absolute Gasteiger partial charge is 0.123 e. The van der Waals surface area contributed by atoms with Gasteiger partial charge in [-0.05, 0) is 61.8 Å². The molecule has 0 aromatic heterocycles. The summed E-state index contributed by atoms with van der Waals surface area (Å²) >= 11 is 1.96. The Balaban J connectivity index is 3.24. The Hall–Kier alpha value is -0.630. The van der Waals surface area contributed by atoms with Crippen molar-refractivity contribution in [2.45, 2.75) is 96.8 Å². The number of benzene rings is 1. The summed E-state index contributed by atoms with van der Waals surface area (Å²) < 4.78 is 0. The number of phenols is 1. The molecule has 0 atom stereocenters. The van der Waals surface area contributed by atoms with Crippen LogP contribution < -0.4 is 0 Å². The monoisotopic (exact) mass is 336 g/mol. The molecule has 1 nitrogen and oxygen atoms in total. The quantitative estimate of drug-likeness (QED) is 0.418. The van der Waals surface area contributed by atoms with E-state index in [4.69, 9.17) is 0 Å². The van der Waals surface area contributed by atoms with Crippen LogP contribution in [0.4, 0.5) is 0 Å². The van der Waals surface area contributed by atoms with Crippen LogP contribution in [-0.4, -0.2) is 10.9 Å². The van der Waals surface area contributed by atoms with E-state index in [2.05, 4.69) is 33.8 Å². The highest BCUT2D eigenvalue weighted by atomic mass is 32.2. The zero-order valence-corrected chi connectivity index (χ0v) is 16.5. The molecule has 0 amide bonds. The van der Waals surface area contributed by atoms with E-state index in [1.165, 1.54) is 53.7 Å². The largest absolute Gasteiger partial charge is 0.507 e. The summed E-state index contributed by atoms with van der Waals surface area (Å²) in [5.41, 5.74) is 3.91. The van der Waals surface area contributed by atoms with Crippen molar-refractivity contribution in [2.24, 2.45) is 0 Å². The van der Waals surface area contributed by atoms with Crippen molar-refractivity contribution in [2.75, 3.05) is 5.75 Å². The Morgan fingerprint density at radius 3 is 1.91 bits per heavy atom. The first-order valence-corrected chi connectivity index (χ1v) is 10.7. The van der Waals surface area contributed by atoms with Crippen molar-refractivity contribution in [3.8, 4) is 5.75 Å². The Morgan fingerprint density at radius 1 is 0.783 bits per heavy atom. The van der Waals surface area contributed by atoms with E-state index in [1.54, 1.807) is 0 Å². The van der Waals surface area contributed by atoms with Gasteiger partial charge in [-0.1, -0.05) is 53.0 Å². The van der Waals surface area contributed by atoms with E-state index in [-0.39, 0.29) is 0 Å². The molecule has 0 saturated carbocycles. The van der Waals surface area contributed by atoms with Crippen molar-refractivity contribution in [1.29, 1.82) is 0 Å². The maximum absolute atomic E-state index is 10.9. The zero-order valence-electron chi connectivity index (χ0n) is 15.7. The predicted octanol–water partition coefficient (Wildman–Crippen LogP) is 6.92. The minimum Gasteiger partial charge on any atom is -0.507 e. The number of thioether (sulfide) groups is 1. The first-order chi connectivity index (χ1) is 11.2. The van der Waals surface area contributed by atoms with Gasteiger partial charge in [0.15, 0.2) is 0 Å². The van der Waals surface area contributed by atoms with Gasteiger partial charge in [0.25, 0.3) is 0 Å². The van der Waals surface area contributed by atoms with E-state index in [1.807, 2.05) is 11.8 Å². The van der Waals surface area contributed by atoms with E-state index in [0.717, 1.165) is 37.9 Å². The van der Waals surface area contributed by atoms with Gasteiger partial charge in [0.05, 0.1) is 0 Å². The summed E-state index contributed by atoms with van der Waals surface area (Å²) in [6.45, 7) is 8.95. The minimum atomic E-state index is 0.603. The third-order valence-electron chi connectivity index (χ3n) is 4.33. The number of unbranched alkanes of at least 4 members (excludes halogenated alkanes) is 3. The summed E-state index contributed by atoms with van der Waals surface area (Å²) in [5, 5.41) is 10.9. The Kier molecular flexibility index (Phi) is 10.5. The third-order valence-corrected chi connectivity index (χ3v) is 5.74. The van der Waals surface area contributed by atoms with Gasteiger partial charge in [-0.25, -0.2) is 0 Å². The Labute approximate surface area is 148 Å². The predicted molar refractivity (Wildman–Crippen MR) is 105 cm³/mol. The van der Waals surface area contributed by atoms with E-state index in [0.29, 0.717) is 5.75 Å². The van der Waals surface area contributed by atoms with Crippen LogP contribution >= 0.6 is 11.8 Å². The molecular formula is C21H36OS. The molecule has 0 spiro atoms. The second kappa shape index (κ2) is 11.8. The topological polar surface area (TPSA) is 20.2 Å². The van der Waals surface area contributed by atoms with Crippen molar-refractivity contribution < 1.29 is 5.11 Å². The van der Waals surface area contributed by atoms with Crippen molar-refractivity contribution in [1.82, 2.24) is 0 Å².